The normalized spacial score (nSPS) is 12.5. The molecule has 0 N–H and O–H groups in total. The van der Waals surface area contributed by atoms with Crippen LogP contribution in [0.5, 0.6) is 5.75 Å². The van der Waals surface area contributed by atoms with Crippen molar-refractivity contribution in [2.75, 3.05) is 12.4 Å². The fraction of sp³-hybridized carbons (Fsp3) is 0.455. The molecule has 0 aromatic heterocycles. The molecular formula is C11H14F2OS. The predicted octanol–water partition coefficient (Wildman–Crippen LogP) is 3.30. The molecule has 84 valence electrons. The summed E-state index contributed by atoms with van der Waals surface area (Å²) in [5.41, 5.74) is 0. The molecule has 4 heteroatoms. The molecule has 0 aliphatic heterocycles. The highest BCUT2D eigenvalue weighted by Gasteiger charge is 2.07. The van der Waals surface area contributed by atoms with Crippen molar-refractivity contribution in [3.8, 4) is 5.75 Å². The molecule has 1 aromatic carbocycles. The number of halogens is 2. The van der Waals surface area contributed by atoms with Gasteiger partial charge in [0.2, 0.25) is 0 Å². The van der Waals surface area contributed by atoms with Gasteiger partial charge in [-0.3, -0.25) is 0 Å². The molecule has 15 heavy (non-hydrogen) atoms. The Labute approximate surface area is 93.9 Å². The minimum absolute atomic E-state index is 0.335. The molecule has 0 saturated carbocycles. The second-order valence-electron chi connectivity index (χ2n) is 3.34. The van der Waals surface area contributed by atoms with Gasteiger partial charge in [0.25, 0.3) is 0 Å². The third kappa shape index (κ3) is 3.70. The zero-order chi connectivity index (χ0) is 11.3. The van der Waals surface area contributed by atoms with Crippen LogP contribution in [-0.2, 0) is 0 Å². The minimum atomic E-state index is -0.883. The fourth-order valence-corrected chi connectivity index (χ4v) is 1.44. The van der Waals surface area contributed by atoms with Gasteiger partial charge in [-0.25, -0.2) is 8.78 Å². The molecule has 1 nitrogen and oxygen atoms in total. The van der Waals surface area contributed by atoms with E-state index in [9.17, 15) is 8.78 Å². The van der Waals surface area contributed by atoms with Crippen molar-refractivity contribution in [2.45, 2.75) is 13.3 Å². The largest absolute Gasteiger partial charge is 0.493 e. The van der Waals surface area contributed by atoms with E-state index in [1.165, 1.54) is 6.07 Å². The molecule has 1 unspecified atom stereocenters. The first kappa shape index (κ1) is 12.3. The average Bonchev–Trinajstić information content (AvgIpc) is 2.24. The summed E-state index contributed by atoms with van der Waals surface area (Å²) in [6.07, 6.45) is 0.952. The maximum atomic E-state index is 12.8. The van der Waals surface area contributed by atoms with Crippen LogP contribution in [0.25, 0.3) is 0 Å². The van der Waals surface area contributed by atoms with Gasteiger partial charge in [-0.15, -0.1) is 0 Å². The molecule has 0 fully saturated rings. The zero-order valence-corrected chi connectivity index (χ0v) is 9.44. The van der Waals surface area contributed by atoms with Gasteiger partial charge >= 0.3 is 0 Å². The van der Waals surface area contributed by atoms with E-state index < -0.39 is 11.6 Å². The molecule has 0 amide bonds. The van der Waals surface area contributed by atoms with Crippen LogP contribution in [0.15, 0.2) is 18.2 Å². The summed E-state index contributed by atoms with van der Waals surface area (Å²) in [4.78, 5) is 0. The smallest absolute Gasteiger partial charge is 0.162 e. The van der Waals surface area contributed by atoms with E-state index in [0.29, 0.717) is 18.3 Å². The zero-order valence-electron chi connectivity index (χ0n) is 8.54. The van der Waals surface area contributed by atoms with Crippen molar-refractivity contribution in [2.24, 2.45) is 5.92 Å². The number of rotatable bonds is 5. The summed E-state index contributed by atoms with van der Waals surface area (Å²) in [6, 6.07) is 3.54. The molecule has 0 spiro atoms. The molecule has 1 atom stereocenters. The molecule has 0 bridgehead atoms. The summed E-state index contributed by atoms with van der Waals surface area (Å²) in [5.74, 6) is -0.328. The SMILES string of the molecule is CCC(CS)COc1ccc(F)c(F)c1. The Balaban J connectivity index is 2.54. The summed E-state index contributed by atoms with van der Waals surface area (Å²) in [7, 11) is 0. The van der Waals surface area contributed by atoms with Crippen LogP contribution in [0.1, 0.15) is 13.3 Å². The van der Waals surface area contributed by atoms with Crippen LogP contribution in [0.4, 0.5) is 8.78 Å². The maximum absolute atomic E-state index is 12.8. The highest BCUT2D eigenvalue weighted by molar-refractivity contribution is 7.80. The lowest BCUT2D eigenvalue weighted by Crippen LogP contribution is -2.12. The second kappa shape index (κ2) is 5.95. The first-order valence-electron chi connectivity index (χ1n) is 4.86. The van der Waals surface area contributed by atoms with E-state index in [2.05, 4.69) is 12.6 Å². The fourth-order valence-electron chi connectivity index (χ4n) is 1.08. The summed E-state index contributed by atoms with van der Waals surface area (Å²) >= 11 is 4.16. The third-order valence-electron chi connectivity index (χ3n) is 2.21. The van der Waals surface area contributed by atoms with Gasteiger partial charge in [0, 0.05) is 12.0 Å². The first-order valence-corrected chi connectivity index (χ1v) is 5.49. The quantitative estimate of drug-likeness (QED) is 0.766. The van der Waals surface area contributed by atoms with E-state index in [-0.39, 0.29) is 0 Å². The van der Waals surface area contributed by atoms with Crippen molar-refractivity contribution in [3.63, 3.8) is 0 Å². The van der Waals surface area contributed by atoms with E-state index >= 15 is 0 Å². The Hall–Kier alpha value is -0.770. The van der Waals surface area contributed by atoms with Crippen molar-refractivity contribution in [3.05, 3.63) is 29.8 Å². The number of ether oxygens (including phenoxy) is 1. The van der Waals surface area contributed by atoms with E-state index in [1.54, 1.807) is 0 Å². The lowest BCUT2D eigenvalue weighted by Gasteiger charge is -2.13. The summed E-state index contributed by atoms with van der Waals surface area (Å²) < 4.78 is 30.7. The Morgan fingerprint density at radius 2 is 2.07 bits per heavy atom. The standard InChI is InChI=1S/C11H14F2OS/c1-2-8(7-15)6-14-9-3-4-10(12)11(13)5-9/h3-5,8,15H,2,6-7H2,1H3. The molecule has 1 aromatic rings. The van der Waals surface area contributed by atoms with E-state index in [0.717, 1.165) is 24.3 Å². The molecular weight excluding hydrogens is 218 g/mol. The Morgan fingerprint density at radius 3 is 2.60 bits per heavy atom. The highest BCUT2D eigenvalue weighted by atomic mass is 32.1. The van der Waals surface area contributed by atoms with Crippen LogP contribution >= 0.6 is 12.6 Å². The Kier molecular flexibility index (Phi) is 4.88. The van der Waals surface area contributed by atoms with Crippen molar-refractivity contribution in [1.82, 2.24) is 0 Å². The molecule has 0 radical (unpaired) electrons. The van der Waals surface area contributed by atoms with Gasteiger partial charge in [0.15, 0.2) is 11.6 Å². The Morgan fingerprint density at radius 1 is 1.33 bits per heavy atom. The van der Waals surface area contributed by atoms with Gasteiger partial charge in [-0.2, -0.15) is 12.6 Å². The highest BCUT2D eigenvalue weighted by Crippen LogP contribution is 2.17. The molecule has 0 heterocycles. The first-order chi connectivity index (χ1) is 7.17. The molecule has 0 aliphatic carbocycles. The topological polar surface area (TPSA) is 9.23 Å². The molecule has 0 aliphatic rings. The Bertz CT molecular complexity index is 313. The second-order valence-corrected chi connectivity index (χ2v) is 3.71. The monoisotopic (exact) mass is 232 g/mol. The molecule has 0 saturated heterocycles. The van der Waals surface area contributed by atoms with Crippen molar-refractivity contribution < 1.29 is 13.5 Å². The summed E-state index contributed by atoms with van der Waals surface area (Å²) in [5, 5.41) is 0. The lowest BCUT2D eigenvalue weighted by molar-refractivity contribution is 0.258. The van der Waals surface area contributed by atoms with E-state index in [4.69, 9.17) is 4.74 Å². The number of hydrogen-bond acceptors (Lipinski definition) is 2. The van der Waals surface area contributed by atoms with Gasteiger partial charge in [-0.1, -0.05) is 6.92 Å². The molecule has 1 rings (SSSR count). The number of benzene rings is 1. The van der Waals surface area contributed by atoms with Crippen molar-refractivity contribution >= 4 is 12.6 Å². The third-order valence-corrected chi connectivity index (χ3v) is 2.73. The van der Waals surface area contributed by atoms with Crippen LogP contribution in [0, 0.1) is 17.6 Å². The van der Waals surface area contributed by atoms with Crippen LogP contribution in [0.3, 0.4) is 0 Å². The number of thiol groups is 1. The van der Waals surface area contributed by atoms with Crippen LogP contribution in [0.2, 0.25) is 0 Å². The van der Waals surface area contributed by atoms with E-state index in [1.807, 2.05) is 6.92 Å². The lowest BCUT2D eigenvalue weighted by atomic mass is 10.1. The van der Waals surface area contributed by atoms with Crippen molar-refractivity contribution in [1.29, 1.82) is 0 Å². The van der Waals surface area contributed by atoms with Crippen LogP contribution in [-0.4, -0.2) is 12.4 Å². The predicted molar refractivity (Wildman–Crippen MR) is 59.5 cm³/mol. The van der Waals surface area contributed by atoms with Gasteiger partial charge in [0.1, 0.15) is 5.75 Å². The van der Waals surface area contributed by atoms with Gasteiger partial charge < -0.3 is 4.74 Å². The summed E-state index contributed by atoms with van der Waals surface area (Å²) in [6.45, 7) is 2.51. The van der Waals surface area contributed by atoms with Gasteiger partial charge in [0.05, 0.1) is 6.61 Å². The average molecular weight is 232 g/mol. The number of hydrogen-bond donors (Lipinski definition) is 1. The minimum Gasteiger partial charge on any atom is -0.493 e. The maximum Gasteiger partial charge on any atom is 0.162 e. The van der Waals surface area contributed by atoms with Gasteiger partial charge in [-0.05, 0) is 24.3 Å². The van der Waals surface area contributed by atoms with Crippen LogP contribution < -0.4 is 4.74 Å².